The van der Waals surface area contributed by atoms with E-state index in [1.807, 2.05) is 6.07 Å². The third-order valence-electron chi connectivity index (χ3n) is 4.19. The van der Waals surface area contributed by atoms with Crippen LogP contribution in [0.5, 0.6) is 5.75 Å². The predicted octanol–water partition coefficient (Wildman–Crippen LogP) is 2.68. The summed E-state index contributed by atoms with van der Waals surface area (Å²) in [6.07, 6.45) is 4.75. The van der Waals surface area contributed by atoms with E-state index < -0.39 is 0 Å². The first-order valence-electron chi connectivity index (χ1n) is 9.31. The second-order valence-electron chi connectivity index (χ2n) is 6.46. The lowest BCUT2D eigenvalue weighted by Gasteiger charge is -2.11. The maximum absolute atomic E-state index is 12.5. The first-order valence-corrected chi connectivity index (χ1v) is 10.9. The second kappa shape index (κ2) is 10.3. The number of benzene rings is 1. The molecule has 1 fully saturated rings. The predicted molar refractivity (Wildman–Crippen MR) is 116 cm³/mol. The highest BCUT2D eigenvalue weighted by Gasteiger charge is 2.30. The minimum Gasteiger partial charge on any atom is -0.496 e. The molecule has 158 valence electrons. The first-order chi connectivity index (χ1) is 14.5. The van der Waals surface area contributed by atoms with Gasteiger partial charge in [0.1, 0.15) is 5.75 Å². The van der Waals surface area contributed by atoms with E-state index >= 15 is 0 Å². The summed E-state index contributed by atoms with van der Waals surface area (Å²) in [5.74, 6) is 0.00122. The van der Waals surface area contributed by atoms with Crippen LogP contribution in [0.1, 0.15) is 23.2 Å². The summed E-state index contributed by atoms with van der Waals surface area (Å²) in [6.45, 7) is 3.94. The summed E-state index contributed by atoms with van der Waals surface area (Å²) in [6, 6.07) is 5.32. The highest BCUT2D eigenvalue weighted by Crippen LogP contribution is 2.37. The van der Waals surface area contributed by atoms with E-state index in [-0.39, 0.29) is 30.2 Å². The number of amides is 3. The maximum Gasteiger partial charge on any atom is 0.255 e. The number of thiazole rings is 1. The molecule has 0 bridgehead atoms. The van der Waals surface area contributed by atoms with Crippen molar-refractivity contribution in [2.24, 2.45) is 5.92 Å². The number of nitrogens with zero attached hydrogens (tertiary/aromatic N) is 1. The Hall–Kier alpha value is -2.85. The van der Waals surface area contributed by atoms with Gasteiger partial charge < -0.3 is 20.7 Å². The fraction of sp³-hybridized carbons (Fsp3) is 0.300. The molecule has 0 spiro atoms. The average Bonchev–Trinajstić information content (AvgIpc) is 3.52. The molecule has 3 amide bonds. The van der Waals surface area contributed by atoms with Gasteiger partial charge in [0.15, 0.2) is 5.13 Å². The maximum atomic E-state index is 12.5. The number of methoxy groups -OCH3 is 1. The van der Waals surface area contributed by atoms with Gasteiger partial charge >= 0.3 is 0 Å². The molecule has 1 aliphatic rings. The normalized spacial score (nSPS) is 12.7. The minimum atomic E-state index is -0.302. The quantitative estimate of drug-likeness (QED) is 0.382. The van der Waals surface area contributed by atoms with Crippen molar-refractivity contribution in [2.75, 3.05) is 25.5 Å². The molecule has 0 atom stereocenters. The summed E-state index contributed by atoms with van der Waals surface area (Å²) < 4.78 is 6.19. The first kappa shape index (κ1) is 21.8. The van der Waals surface area contributed by atoms with Gasteiger partial charge in [0.25, 0.3) is 5.91 Å². The third kappa shape index (κ3) is 6.07. The lowest BCUT2D eigenvalue weighted by Crippen LogP contribution is -2.34. The molecule has 3 rings (SSSR count). The molecule has 2 aromatic rings. The van der Waals surface area contributed by atoms with Crippen LogP contribution in [-0.4, -0.2) is 42.9 Å². The number of nitrogens with one attached hydrogen (secondary N) is 3. The van der Waals surface area contributed by atoms with Gasteiger partial charge in [-0.05, 0) is 37.1 Å². The molecule has 0 radical (unpaired) electrons. The largest absolute Gasteiger partial charge is 0.496 e. The van der Waals surface area contributed by atoms with E-state index in [4.69, 9.17) is 4.74 Å². The standard InChI is InChI=1S/C20H22N4O4S2/c1-3-16(25)21-8-9-22-19(27)14-10-13(6-7-15(14)28-2)29-17-11-23-20(30-17)24-18(26)12-4-5-12/h3,6-7,10-12H,1,4-5,8-9H2,2H3,(H,21,25)(H,22,27)(H,23,24,26). The number of aromatic nitrogens is 1. The Morgan fingerprint density at radius 3 is 2.77 bits per heavy atom. The number of anilines is 1. The molecular formula is C20H22N4O4S2. The summed E-state index contributed by atoms with van der Waals surface area (Å²) in [4.78, 5) is 40.6. The van der Waals surface area contributed by atoms with Crippen molar-refractivity contribution in [1.82, 2.24) is 15.6 Å². The second-order valence-corrected chi connectivity index (χ2v) is 8.87. The van der Waals surface area contributed by atoms with Crippen LogP contribution in [0.15, 0.2) is 46.2 Å². The van der Waals surface area contributed by atoms with Crippen LogP contribution in [0.4, 0.5) is 5.13 Å². The Bertz CT molecular complexity index is 956. The SMILES string of the molecule is C=CC(=O)NCCNC(=O)c1cc(Sc2cnc(NC(=O)C3CC3)s2)ccc1OC. The van der Waals surface area contributed by atoms with Crippen LogP contribution in [0.3, 0.4) is 0 Å². The van der Waals surface area contributed by atoms with Gasteiger partial charge in [-0.2, -0.15) is 0 Å². The van der Waals surface area contributed by atoms with Crippen LogP contribution < -0.4 is 20.7 Å². The molecule has 8 nitrogen and oxygen atoms in total. The fourth-order valence-electron chi connectivity index (χ4n) is 2.49. The molecule has 0 aliphatic heterocycles. The van der Waals surface area contributed by atoms with Gasteiger partial charge in [-0.25, -0.2) is 4.98 Å². The van der Waals surface area contributed by atoms with E-state index in [2.05, 4.69) is 27.5 Å². The Morgan fingerprint density at radius 2 is 2.07 bits per heavy atom. The third-order valence-corrected chi connectivity index (χ3v) is 6.20. The number of ether oxygens (including phenoxy) is 1. The van der Waals surface area contributed by atoms with Gasteiger partial charge in [0, 0.05) is 23.9 Å². The van der Waals surface area contributed by atoms with Crippen LogP contribution in [0.2, 0.25) is 0 Å². The van der Waals surface area contributed by atoms with Crippen molar-refractivity contribution in [3.05, 3.63) is 42.6 Å². The van der Waals surface area contributed by atoms with E-state index in [0.717, 1.165) is 21.9 Å². The molecule has 1 heterocycles. The molecule has 1 aliphatic carbocycles. The topological polar surface area (TPSA) is 109 Å². The van der Waals surface area contributed by atoms with E-state index in [9.17, 15) is 14.4 Å². The number of carbonyl (C=O) groups is 3. The summed E-state index contributed by atoms with van der Waals surface area (Å²) >= 11 is 2.83. The van der Waals surface area contributed by atoms with Gasteiger partial charge in [-0.3, -0.25) is 14.4 Å². The Morgan fingerprint density at radius 1 is 1.30 bits per heavy atom. The summed E-state index contributed by atoms with van der Waals surface area (Å²) in [5.41, 5.74) is 0.393. The van der Waals surface area contributed by atoms with Gasteiger partial charge in [0.05, 0.1) is 23.1 Å². The number of hydrogen-bond donors (Lipinski definition) is 3. The minimum absolute atomic E-state index is 0.0218. The van der Waals surface area contributed by atoms with E-state index in [0.29, 0.717) is 23.0 Å². The summed E-state index contributed by atoms with van der Waals surface area (Å²) in [7, 11) is 1.50. The van der Waals surface area contributed by atoms with Gasteiger partial charge in [-0.15, -0.1) is 0 Å². The number of hydrogen-bond acceptors (Lipinski definition) is 7. The van der Waals surface area contributed by atoms with Crippen molar-refractivity contribution in [3.63, 3.8) is 0 Å². The zero-order valence-corrected chi connectivity index (χ0v) is 18.0. The van der Waals surface area contributed by atoms with E-state index in [1.165, 1.54) is 36.3 Å². The van der Waals surface area contributed by atoms with Crippen molar-refractivity contribution in [2.45, 2.75) is 21.9 Å². The Labute approximate surface area is 182 Å². The summed E-state index contributed by atoms with van der Waals surface area (Å²) in [5, 5.41) is 8.75. The van der Waals surface area contributed by atoms with Crippen LogP contribution in [0.25, 0.3) is 0 Å². The molecule has 30 heavy (non-hydrogen) atoms. The number of carbonyl (C=O) groups excluding carboxylic acids is 3. The van der Waals surface area contributed by atoms with Crippen molar-refractivity contribution >= 4 is 46.0 Å². The zero-order valence-electron chi connectivity index (χ0n) is 16.4. The number of rotatable bonds is 10. The smallest absolute Gasteiger partial charge is 0.255 e. The van der Waals surface area contributed by atoms with Gasteiger partial charge in [-0.1, -0.05) is 29.7 Å². The molecule has 1 saturated carbocycles. The van der Waals surface area contributed by atoms with Crippen LogP contribution in [0, 0.1) is 5.92 Å². The van der Waals surface area contributed by atoms with Crippen molar-refractivity contribution in [3.8, 4) is 5.75 Å². The van der Waals surface area contributed by atoms with Crippen LogP contribution >= 0.6 is 23.1 Å². The Balaban J connectivity index is 1.61. The molecule has 3 N–H and O–H groups in total. The Kier molecular flexibility index (Phi) is 7.47. The molecular weight excluding hydrogens is 424 g/mol. The molecule has 1 aromatic heterocycles. The molecule has 1 aromatic carbocycles. The molecule has 0 saturated heterocycles. The molecule has 0 unspecified atom stereocenters. The van der Waals surface area contributed by atoms with Crippen LogP contribution in [-0.2, 0) is 9.59 Å². The van der Waals surface area contributed by atoms with Crippen molar-refractivity contribution in [1.29, 1.82) is 0 Å². The highest BCUT2D eigenvalue weighted by molar-refractivity contribution is 8.01. The zero-order chi connectivity index (χ0) is 21.5. The van der Waals surface area contributed by atoms with E-state index in [1.54, 1.807) is 18.3 Å². The lowest BCUT2D eigenvalue weighted by molar-refractivity contribution is -0.117. The lowest BCUT2D eigenvalue weighted by atomic mass is 10.2. The monoisotopic (exact) mass is 446 g/mol. The van der Waals surface area contributed by atoms with Crippen molar-refractivity contribution < 1.29 is 19.1 Å². The fourth-order valence-corrected chi connectivity index (χ4v) is 4.39. The highest BCUT2D eigenvalue weighted by atomic mass is 32.2. The van der Waals surface area contributed by atoms with Gasteiger partial charge in [0.2, 0.25) is 11.8 Å². The molecule has 10 heteroatoms. The average molecular weight is 447 g/mol.